The predicted octanol–water partition coefficient (Wildman–Crippen LogP) is 14.6. The van der Waals surface area contributed by atoms with Gasteiger partial charge in [0.15, 0.2) is 0 Å². The van der Waals surface area contributed by atoms with Crippen molar-refractivity contribution in [3.8, 4) is 39.1 Å². The van der Waals surface area contributed by atoms with E-state index in [9.17, 15) is 0 Å². The van der Waals surface area contributed by atoms with Gasteiger partial charge in [-0.1, -0.05) is 152 Å². The van der Waals surface area contributed by atoms with Crippen LogP contribution in [-0.4, -0.2) is 9.13 Å². The number of fused-ring (bicyclic) bond motifs is 6. The summed E-state index contributed by atoms with van der Waals surface area (Å²) in [6.45, 7) is 0. The van der Waals surface area contributed by atoms with Crippen LogP contribution >= 0.6 is 0 Å². The molecular formula is C54H38N2. The summed E-state index contributed by atoms with van der Waals surface area (Å²) < 4.78 is 4.89. The van der Waals surface area contributed by atoms with Crippen molar-refractivity contribution >= 4 is 54.9 Å². The Kier molecular flexibility index (Phi) is 7.67. The van der Waals surface area contributed by atoms with Gasteiger partial charge in [0.2, 0.25) is 0 Å². The van der Waals surface area contributed by atoms with Gasteiger partial charge in [0, 0.05) is 32.9 Å². The van der Waals surface area contributed by atoms with Crippen molar-refractivity contribution in [1.82, 2.24) is 9.13 Å². The number of aromatic nitrogens is 2. The molecule has 0 spiro atoms. The van der Waals surface area contributed by atoms with Crippen LogP contribution in [0.1, 0.15) is 18.4 Å². The highest BCUT2D eigenvalue weighted by molar-refractivity contribution is 6.13. The van der Waals surface area contributed by atoms with Crippen LogP contribution in [-0.2, 0) is 0 Å². The fraction of sp³-hybridized carbons (Fsp3) is 0.0370. The first kappa shape index (κ1) is 32.3. The van der Waals surface area contributed by atoms with E-state index in [1.54, 1.807) is 0 Å². The van der Waals surface area contributed by atoms with Crippen LogP contribution in [0.4, 0.5) is 0 Å². The second kappa shape index (κ2) is 13.3. The third kappa shape index (κ3) is 5.41. The van der Waals surface area contributed by atoms with Crippen molar-refractivity contribution in [3.63, 3.8) is 0 Å². The first-order chi connectivity index (χ1) is 27.8. The standard InChI is InChI=1S/C54H38N2/c1-3-11-37(12-4-1)39-19-21-40(22-20-39)42-25-31-46(32-26-42)56-52-18-10-8-16-48(52)50-36-44(28-34-54(50)56)43-27-33-53-49(35-43)47-15-7-9-17-51(47)55(53)45-29-23-41(24-30-45)38-13-5-2-6-14-38/h1-25,27-31,33-36H,26,32H2. The van der Waals surface area contributed by atoms with E-state index in [1.807, 2.05) is 0 Å². The van der Waals surface area contributed by atoms with Gasteiger partial charge in [-0.25, -0.2) is 0 Å². The van der Waals surface area contributed by atoms with Gasteiger partial charge >= 0.3 is 0 Å². The summed E-state index contributed by atoms with van der Waals surface area (Å²) in [7, 11) is 0. The number of benzene rings is 8. The zero-order valence-corrected chi connectivity index (χ0v) is 30.9. The first-order valence-electron chi connectivity index (χ1n) is 19.6. The van der Waals surface area contributed by atoms with E-state index in [0.717, 1.165) is 18.5 Å². The summed E-state index contributed by atoms with van der Waals surface area (Å²) in [5, 5.41) is 5.09. The summed E-state index contributed by atoms with van der Waals surface area (Å²) in [6, 6.07) is 70.8. The molecule has 0 fully saturated rings. The monoisotopic (exact) mass is 714 g/mol. The maximum absolute atomic E-state index is 2.49. The molecule has 0 N–H and O–H groups in total. The molecule has 0 bridgehead atoms. The number of hydrogen-bond donors (Lipinski definition) is 0. The van der Waals surface area contributed by atoms with Crippen LogP contribution in [0, 0.1) is 0 Å². The molecule has 0 saturated carbocycles. The zero-order valence-electron chi connectivity index (χ0n) is 30.9. The van der Waals surface area contributed by atoms with Crippen LogP contribution in [0.3, 0.4) is 0 Å². The van der Waals surface area contributed by atoms with Crippen LogP contribution in [0.5, 0.6) is 0 Å². The number of allylic oxidation sites excluding steroid dienone is 4. The largest absolute Gasteiger partial charge is 0.313 e. The summed E-state index contributed by atoms with van der Waals surface area (Å²) in [6.07, 6.45) is 6.65. The van der Waals surface area contributed by atoms with E-state index in [4.69, 9.17) is 0 Å². The van der Waals surface area contributed by atoms with Gasteiger partial charge in [-0.2, -0.15) is 0 Å². The number of rotatable bonds is 6. The lowest BCUT2D eigenvalue weighted by Crippen LogP contribution is -2.01. The Morgan fingerprint density at radius 3 is 1.27 bits per heavy atom. The summed E-state index contributed by atoms with van der Waals surface area (Å²) in [5.74, 6) is 0. The maximum atomic E-state index is 2.49. The molecule has 0 unspecified atom stereocenters. The molecule has 0 saturated heterocycles. The van der Waals surface area contributed by atoms with Crippen molar-refractivity contribution in [3.05, 3.63) is 212 Å². The highest BCUT2D eigenvalue weighted by Crippen LogP contribution is 2.40. The smallest absolute Gasteiger partial charge is 0.0541 e. The Morgan fingerprint density at radius 2 is 0.714 bits per heavy atom. The minimum Gasteiger partial charge on any atom is -0.313 e. The Hall–Kier alpha value is -7.16. The van der Waals surface area contributed by atoms with E-state index in [1.165, 1.54) is 93.8 Å². The number of para-hydroxylation sites is 2. The molecule has 0 radical (unpaired) electrons. The van der Waals surface area contributed by atoms with E-state index >= 15 is 0 Å². The van der Waals surface area contributed by atoms with Crippen LogP contribution in [0.2, 0.25) is 0 Å². The molecule has 8 aromatic carbocycles. The summed E-state index contributed by atoms with van der Waals surface area (Å²) >= 11 is 0. The fourth-order valence-corrected chi connectivity index (χ4v) is 8.89. The molecule has 2 nitrogen and oxygen atoms in total. The van der Waals surface area contributed by atoms with Gasteiger partial charge in [0.25, 0.3) is 0 Å². The van der Waals surface area contributed by atoms with Crippen molar-refractivity contribution < 1.29 is 0 Å². The minimum absolute atomic E-state index is 0.984. The van der Waals surface area contributed by atoms with Gasteiger partial charge in [-0.05, 0) is 112 Å². The molecular weight excluding hydrogens is 677 g/mol. The zero-order chi connectivity index (χ0) is 37.0. The molecule has 0 aliphatic heterocycles. The third-order valence-corrected chi connectivity index (χ3v) is 11.7. The highest BCUT2D eigenvalue weighted by Gasteiger charge is 2.18. The molecule has 0 amide bonds. The molecule has 0 atom stereocenters. The molecule has 264 valence electrons. The third-order valence-electron chi connectivity index (χ3n) is 11.7. The molecule has 10 aromatic rings. The average molecular weight is 715 g/mol. The lowest BCUT2D eigenvalue weighted by Gasteiger charge is -2.18. The van der Waals surface area contributed by atoms with E-state index < -0.39 is 0 Å². The molecule has 1 aliphatic carbocycles. The van der Waals surface area contributed by atoms with Crippen LogP contribution < -0.4 is 0 Å². The molecule has 11 rings (SSSR count). The van der Waals surface area contributed by atoms with Crippen LogP contribution in [0.15, 0.2) is 206 Å². The summed E-state index contributed by atoms with van der Waals surface area (Å²) in [5.41, 5.74) is 17.5. The minimum atomic E-state index is 0.984. The van der Waals surface area contributed by atoms with E-state index in [2.05, 4.69) is 215 Å². The first-order valence-corrected chi connectivity index (χ1v) is 19.6. The normalized spacial score (nSPS) is 13.1. The quantitative estimate of drug-likeness (QED) is 0.162. The van der Waals surface area contributed by atoms with Gasteiger partial charge in [0.05, 0.1) is 22.1 Å². The maximum Gasteiger partial charge on any atom is 0.0541 e. The lowest BCUT2D eigenvalue weighted by atomic mass is 9.94. The Morgan fingerprint density at radius 1 is 0.286 bits per heavy atom. The number of hydrogen-bond acceptors (Lipinski definition) is 0. The SMILES string of the molecule is C1=C(c2ccc(-c3ccccc3)cc2)CCC(n2c3ccccc3c3cc(-c4ccc5c(c4)c4ccccc4n5-c4ccc(-c5ccccc5)cc4)ccc32)=C1. The average Bonchev–Trinajstić information content (AvgIpc) is 3.79. The Balaban J connectivity index is 0.961. The van der Waals surface area contributed by atoms with Crippen molar-refractivity contribution in [2.45, 2.75) is 12.8 Å². The molecule has 56 heavy (non-hydrogen) atoms. The molecule has 1 aliphatic rings. The predicted molar refractivity (Wildman–Crippen MR) is 238 cm³/mol. The van der Waals surface area contributed by atoms with Gasteiger partial charge in [0.1, 0.15) is 0 Å². The molecule has 2 aromatic heterocycles. The molecule has 2 heteroatoms. The topological polar surface area (TPSA) is 9.86 Å². The Bertz CT molecular complexity index is 3140. The fourth-order valence-electron chi connectivity index (χ4n) is 8.89. The van der Waals surface area contributed by atoms with E-state index in [-0.39, 0.29) is 0 Å². The van der Waals surface area contributed by atoms with Gasteiger partial charge in [-0.15, -0.1) is 0 Å². The van der Waals surface area contributed by atoms with E-state index in [0.29, 0.717) is 0 Å². The van der Waals surface area contributed by atoms with Crippen molar-refractivity contribution in [1.29, 1.82) is 0 Å². The highest BCUT2D eigenvalue weighted by atomic mass is 15.0. The van der Waals surface area contributed by atoms with Gasteiger partial charge in [-0.3, -0.25) is 0 Å². The Labute approximate surface area is 326 Å². The molecule has 2 heterocycles. The van der Waals surface area contributed by atoms with Crippen LogP contribution in [0.25, 0.3) is 93.9 Å². The van der Waals surface area contributed by atoms with Crippen molar-refractivity contribution in [2.75, 3.05) is 0 Å². The number of nitrogens with zero attached hydrogens (tertiary/aromatic N) is 2. The van der Waals surface area contributed by atoms with Gasteiger partial charge < -0.3 is 9.13 Å². The lowest BCUT2D eigenvalue weighted by molar-refractivity contribution is 0.992. The second-order valence-electron chi connectivity index (χ2n) is 14.9. The summed E-state index contributed by atoms with van der Waals surface area (Å²) in [4.78, 5) is 0. The van der Waals surface area contributed by atoms with Crippen molar-refractivity contribution in [2.24, 2.45) is 0 Å². The second-order valence-corrected chi connectivity index (χ2v) is 14.9.